The van der Waals surface area contributed by atoms with E-state index in [1.165, 1.54) is 0 Å². The molecule has 3 heterocycles. The minimum atomic E-state index is -0.729. The Balaban J connectivity index is 1.22. The van der Waals surface area contributed by atoms with Gasteiger partial charge < -0.3 is 9.64 Å². The van der Waals surface area contributed by atoms with Crippen molar-refractivity contribution in [2.45, 2.75) is 25.3 Å². The Hall–Kier alpha value is -3.79. The van der Waals surface area contributed by atoms with E-state index in [1.807, 2.05) is 24.3 Å². The number of fused-ring (bicyclic) bond motifs is 2. The molecule has 1 atom stereocenters. The zero-order valence-corrected chi connectivity index (χ0v) is 19.0. The molecule has 2 aromatic heterocycles. The molecule has 1 amide bonds. The summed E-state index contributed by atoms with van der Waals surface area (Å²) in [7, 11) is 0. The van der Waals surface area contributed by atoms with Gasteiger partial charge in [0, 0.05) is 19.0 Å². The van der Waals surface area contributed by atoms with Crippen LogP contribution in [0.4, 0.5) is 0 Å². The maximum absolute atomic E-state index is 12.7. The second-order valence-corrected chi connectivity index (χ2v) is 9.28. The molecule has 1 aliphatic heterocycles. The number of hydrogen-bond acceptors (Lipinski definition) is 7. The van der Waals surface area contributed by atoms with Crippen LogP contribution in [0.2, 0.25) is 0 Å². The van der Waals surface area contributed by atoms with Crippen LogP contribution < -0.4 is 11.2 Å². The van der Waals surface area contributed by atoms with Gasteiger partial charge in [-0.05, 0) is 37.1 Å². The highest BCUT2D eigenvalue weighted by molar-refractivity contribution is 7.18. The fraction of sp³-hybridized carbons (Fsp3) is 0.292. The molecule has 1 unspecified atom stereocenters. The molecule has 2 aromatic carbocycles. The molecule has 174 valence electrons. The zero-order chi connectivity index (χ0) is 23.7. The summed E-state index contributed by atoms with van der Waals surface area (Å²) in [5, 5.41) is 1.31. The van der Waals surface area contributed by atoms with Crippen LogP contribution in [0, 0.1) is 0 Å². The van der Waals surface area contributed by atoms with Gasteiger partial charge >= 0.3 is 11.7 Å². The number of hydrogen-bond donors (Lipinski definition) is 1. The van der Waals surface area contributed by atoms with Crippen LogP contribution in [0.1, 0.15) is 23.8 Å². The van der Waals surface area contributed by atoms with Gasteiger partial charge in [-0.15, -0.1) is 11.3 Å². The fourth-order valence-electron chi connectivity index (χ4n) is 4.28. The second-order valence-electron chi connectivity index (χ2n) is 8.22. The zero-order valence-electron chi connectivity index (χ0n) is 18.2. The van der Waals surface area contributed by atoms with Crippen molar-refractivity contribution in [2.75, 3.05) is 19.7 Å². The van der Waals surface area contributed by atoms with E-state index in [9.17, 15) is 19.2 Å². The molecule has 1 fully saturated rings. The Kier molecular flexibility index (Phi) is 5.97. The predicted molar refractivity (Wildman–Crippen MR) is 128 cm³/mol. The van der Waals surface area contributed by atoms with E-state index in [0.29, 0.717) is 24.0 Å². The van der Waals surface area contributed by atoms with Gasteiger partial charge in [-0.2, -0.15) is 0 Å². The van der Waals surface area contributed by atoms with E-state index in [2.05, 4.69) is 4.98 Å². The van der Waals surface area contributed by atoms with E-state index >= 15 is 0 Å². The first-order valence-corrected chi connectivity index (χ1v) is 11.8. The average Bonchev–Trinajstić information content (AvgIpc) is 3.30. The number of nitrogens with zero attached hydrogens (tertiary/aromatic N) is 3. The minimum Gasteiger partial charge on any atom is -0.454 e. The van der Waals surface area contributed by atoms with E-state index in [-0.39, 0.29) is 11.8 Å². The number of aromatic amines is 1. The molecule has 0 radical (unpaired) electrons. The van der Waals surface area contributed by atoms with Crippen LogP contribution in [-0.2, 0) is 20.9 Å². The van der Waals surface area contributed by atoms with Crippen LogP contribution in [-0.4, -0.2) is 51.0 Å². The lowest BCUT2D eigenvalue weighted by molar-refractivity contribution is -0.153. The third kappa shape index (κ3) is 4.36. The molecule has 0 spiro atoms. The smallest absolute Gasteiger partial charge is 0.329 e. The van der Waals surface area contributed by atoms with Gasteiger partial charge in [-0.25, -0.2) is 9.78 Å². The summed E-state index contributed by atoms with van der Waals surface area (Å²) in [5.41, 5.74) is 0.0639. The highest BCUT2D eigenvalue weighted by Crippen LogP contribution is 2.32. The lowest BCUT2D eigenvalue weighted by atomic mass is 9.99. The van der Waals surface area contributed by atoms with E-state index < -0.39 is 30.4 Å². The first-order valence-electron chi connectivity index (χ1n) is 11.0. The Bertz CT molecular complexity index is 1470. The number of piperidine rings is 1. The summed E-state index contributed by atoms with van der Waals surface area (Å²) < 4.78 is 7.45. The van der Waals surface area contributed by atoms with Crippen LogP contribution in [0.5, 0.6) is 0 Å². The number of amides is 1. The SMILES string of the molecule is O=C(Cn1c(=O)[nH]c(=O)c2ccccc21)OCC(=O)N1CCCC(c2nc3ccccc3s2)C1. The van der Waals surface area contributed by atoms with Gasteiger partial charge in [0.25, 0.3) is 11.5 Å². The molecule has 0 bridgehead atoms. The largest absolute Gasteiger partial charge is 0.454 e. The van der Waals surface area contributed by atoms with E-state index in [0.717, 1.165) is 32.6 Å². The summed E-state index contributed by atoms with van der Waals surface area (Å²) in [4.78, 5) is 58.0. The normalized spacial score (nSPS) is 16.1. The lowest BCUT2D eigenvalue weighted by Crippen LogP contribution is -2.41. The number of para-hydroxylation sites is 2. The van der Waals surface area contributed by atoms with Crippen molar-refractivity contribution in [2.24, 2.45) is 0 Å². The standard InChI is InChI=1S/C24H22N4O5S/c29-20(27-11-5-6-15(12-27)23-25-17-8-2-4-10-19(17)34-23)14-33-21(30)13-28-18-9-3-1-7-16(18)22(31)26-24(28)32/h1-4,7-10,15H,5-6,11-14H2,(H,26,31,32). The molecule has 1 aliphatic rings. The maximum Gasteiger partial charge on any atom is 0.329 e. The lowest BCUT2D eigenvalue weighted by Gasteiger charge is -2.31. The number of carbonyl (C=O) groups is 2. The quantitative estimate of drug-likeness (QED) is 0.440. The van der Waals surface area contributed by atoms with Crippen molar-refractivity contribution in [3.05, 3.63) is 74.4 Å². The number of benzene rings is 2. The van der Waals surface area contributed by atoms with E-state index in [1.54, 1.807) is 40.5 Å². The number of ether oxygens (including phenoxy) is 1. The Morgan fingerprint density at radius 2 is 1.91 bits per heavy atom. The number of H-pyrrole nitrogens is 1. The van der Waals surface area contributed by atoms with Gasteiger partial charge in [-0.1, -0.05) is 24.3 Å². The van der Waals surface area contributed by atoms with Crippen LogP contribution in [0.15, 0.2) is 58.1 Å². The number of carbonyl (C=O) groups excluding carboxylic acids is 2. The number of rotatable bonds is 5. The predicted octanol–water partition coefficient (Wildman–Crippen LogP) is 2.25. The summed E-state index contributed by atoms with van der Waals surface area (Å²) in [6.07, 6.45) is 1.80. The van der Waals surface area contributed by atoms with Crippen LogP contribution in [0.3, 0.4) is 0 Å². The van der Waals surface area contributed by atoms with Crippen molar-refractivity contribution in [3.63, 3.8) is 0 Å². The number of esters is 1. The molecule has 4 aromatic rings. The molecule has 34 heavy (non-hydrogen) atoms. The number of nitrogens with one attached hydrogen (secondary N) is 1. The molecular weight excluding hydrogens is 456 g/mol. The van der Waals surface area contributed by atoms with Crippen molar-refractivity contribution >= 4 is 44.3 Å². The minimum absolute atomic E-state index is 0.150. The highest BCUT2D eigenvalue weighted by Gasteiger charge is 2.27. The van der Waals surface area contributed by atoms with Crippen molar-refractivity contribution in [3.8, 4) is 0 Å². The third-order valence-corrected chi connectivity index (χ3v) is 7.18. The fourth-order valence-corrected chi connectivity index (χ4v) is 5.37. The molecule has 0 saturated carbocycles. The first-order chi connectivity index (χ1) is 16.5. The number of likely N-dealkylation sites (tertiary alicyclic amines) is 1. The van der Waals surface area contributed by atoms with Gasteiger partial charge in [0.1, 0.15) is 6.54 Å². The summed E-state index contributed by atoms with van der Waals surface area (Å²) in [6.45, 7) is 0.321. The summed E-state index contributed by atoms with van der Waals surface area (Å²) in [6, 6.07) is 14.5. The van der Waals surface area contributed by atoms with Crippen LogP contribution in [0.25, 0.3) is 21.1 Å². The van der Waals surface area contributed by atoms with Crippen molar-refractivity contribution in [1.82, 2.24) is 19.4 Å². The van der Waals surface area contributed by atoms with E-state index in [4.69, 9.17) is 9.72 Å². The molecule has 0 aliphatic carbocycles. The van der Waals surface area contributed by atoms with Crippen molar-refractivity contribution in [1.29, 1.82) is 0 Å². The van der Waals surface area contributed by atoms with Crippen LogP contribution >= 0.6 is 11.3 Å². The molecule has 1 saturated heterocycles. The number of aromatic nitrogens is 3. The van der Waals surface area contributed by atoms with Gasteiger partial charge in [0.15, 0.2) is 6.61 Å². The topological polar surface area (TPSA) is 114 Å². The third-order valence-electron chi connectivity index (χ3n) is 5.98. The van der Waals surface area contributed by atoms with Gasteiger partial charge in [0.2, 0.25) is 0 Å². The molecule has 5 rings (SSSR count). The Labute approximate surface area is 197 Å². The number of thiazole rings is 1. The molecule has 9 nitrogen and oxygen atoms in total. The average molecular weight is 479 g/mol. The van der Waals surface area contributed by atoms with Crippen molar-refractivity contribution < 1.29 is 14.3 Å². The summed E-state index contributed by atoms with van der Waals surface area (Å²) in [5.74, 6) is -0.859. The first kappa shape index (κ1) is 22.0. The highest BCUT2D eigenvalue weighted by atomic mass is 32.1. The Morgan fingerprint density at radius 3 is 2.76 bits per heavy atom. The molecule has 10 heteroatoms. The maximum atomic E-state index is 12.7. The Morgan fingerprint density at radius 1 is 1.12 bits per heavy atom. The summed E-state index contributed by atoms with van der Waals surface area (Å²) >= 11 is 1.65. The van der Waals surface area contributed by atoms with Gasteiger partial charge in [0.05, 0.1) is 26.1 Å². The van der Waals surface area contributed by atoms with Gasteiger partial charge in [-0.3, -0.25) is 23.9 Å². The molecular formula is C24H22N4O5S. The monoisotopic (exact) mass is 478 g/mol. The second kappa shape index (κ2) is 9.22. The molecule has 1 N–H and O–H groups in total.